The highest BCUT2D eigenvalue weighted by molar-refractivity contribution is 8.16. The highest BCUT2D eigenvalue weighted by atomic mass is 32.2. The van der Waals surface area contributed by atoms with Gasteiger partial charge in [0.15, 0.2) is 6.61 Å². The first kappa shape index (κ1) is 19.6. The van der Waals surface area contributed by atoms with Gasteiger partial charge in [-0.05, 0) is 47.8 Å². The fraction of sp³-hybridized carbons (Fsp3) is 0.300. The van der Waals surface area contributed by atoms with Crippen LogP contribution in [0.5, 0.6) is 5.75 Å². The highest BCUT2D eigenvalue weighted by Gasteiger charge is 2.17. The van der Waals surface area contributed by atoms with Gasteiger partial charge in [-0.2, -0.15) is 0 Å². The lowest BCUT2D eigenvalue weighted by Gasteiger charge is -2.21. The standard InChI is InChI=1S/C20H21NO4S2/c1-24-17-5-2-4-16(12-17)21-18(22)13-25-19(23)14-6-8-15(9-7-14)20-26-10-3-11-27-20/h2,4-9,12,20H,3,10-11,13H2,1H3,(H,21,22). The van der Waals surface area contributed by atoms with Gasteiger partial charge >= 0.3 is 5.97 Å². The molecule has 0 unspecified atom stereocenters. The van der Waals surface area contributed by atoms with Crippen molar-refractivity contribution in [2.75, 3.05) is 30.5 Å². The largest absolute Gasteiger partial charge is 0.497 e. The zero-order valence-corrected chi connectivity index (χ0v) is 16.6. The molecule has 2 aromatic rings. The summed E-state index contributed by atoms with van der Waals surface area (Å²) >= 11 is 3.87. The van der Waals surface area contributed by atoms with E-state index in [9.17, 15) is 9.59 Å². The first-order chi connectivity index (χ1) is 13.2. The van der Waals surface area contributed by atoms with Crippen LogP contribution in [0.3, 0.4) is 0 Å². The zero-order chi connectivity index (χ0) is 19.1. The topological polar surface area (TPSA) is 64.6 Å². The molecule has 5 nitrogen and oxygen atoms in total. The van der Waals surface area contributed by atoms with Gasteiger partial charge in [-0.25, -0.2) is 4.79 Å². The molecule has 2 aromatic carbocycles. The number of amides is 1. The maximum absolute atomic E-state index is 12.2. The van der Waals surface area contributed by atoms with Crippen LogP contribution in [-0.2, 0) is 9.53 Å². The summed E-state index contributed by atoms with van der Waals surface area (Å²) in [5.41, 5.74) is 2.23. The molecule has 0 aromatic heterocycles. The van der Waals surface area contributed by atoms with E-state index in [1.54, 1.807) is 43.5 Å². The molecule has 1 N–H and O–H groups in total. The molecular formula is C20H21NO4S2. The summed E-state index contributed by atoms with van der Waals surface area (Å²) in [6.45, 7) is -0.341. The highest BCUT2D eigenvalue weighted by Crippen LogP contribution is 2.43. The summed E-state index contributed by atoms with van der Waals surface area (Å²) in [4.78, 5) is 24.1. The molecule has 0 atom stereocenters. The number of anilines is 1. The Hall–Kier alpha value is -2.12. The normalized spacial score (nSPS) is 14.4. The van der Waals surface area contributed by atoms with E-state index in [0.29, 0.717) is 21.6 Å². The number of ether oxygens (including phenoxy) is 2. The SMILES string of the molecule is COc1cccc(NC(=O)COC(=O)c2ccc(C3SCCCS3)cc2)c1. The Kier molecular flexibility index (Phi) is 7.06. The van der Waals surface area contributed by atoms with E-state index in [-0.39, 0.29) is 6.61 Å². The van der Waals surface area contributed by atoms with Crippen LogP contribution < -0.4 is 10.1 Å². The van der Waals surface area contributed by atoms with Crippen LogP contribution in [0.25, 0.3) is 0 Å². The molecule has 0 bridgehead atoms. The van der Waals surface area contributed by atoms with Crippen molar-refractivity contribution in [1.29, 1.82) is 0 Å². The van der Waals surface area contributed by atoms with E-state index in [2.05, 4.69) is 5.32 Å². The Morgan fingerprint density at radius 2 is 1.85 bits per heavy atom. The third-order valence-corrected chi connectivity index (χ3v) is 6.95. The van der Waals surface area contributed by atoms with E-state index in [1.807, 2.05) is 35.7 Å². The average molecular weight is 404 g/mol. The molecule has 0 aliphatic carbocycles. The quantitative estimate of drug-likeness (QED) is 0.723. The van der Waals surface area contributed by atoms with Crippen molar-refractivity contribution in [2.45, 2.75) is 11.0 Å². The van der Waals surface area contributed by atoms with Crippen molar-refractivity contribution in [1.82, 2.24) is 0 Å². The van der Waals surface area contributed by atoms with Crippen LogP contribution >= 0.6 is 23.5 Å². The Morgan fingerprint density at radius 1 is 1.11 bits per heavy atom. The molecule has 1 fully saturated rings. The summed E-state index contributed by atoms with van der Waals surface area (Å²) in [5.74, 6) is 2.07. The smallest absolute Gasteiger partial charge is 0.338 e. The van der Waals surface area contributed by atoms with Gasteiger partial charge < -0.3 is 14.8 Å². The second kappa shape index (κ2) is 9.71. The lowest BCUT2D eigenvalue weighted by atomic mass is 10.1. The number of esters is 1. The predicted octanol–water partition coefficient (Wildman–Crippen LogP) is 4.36. The van der Waals surface area contributed by atoms with E-state index < -0.39 is 11.9 Å². The van der Waals surface area contributed by atoms with Crippen LogP contribution in [0.2, 0.25) is 0 Å². The van der Waals surface area contributed by atoms with E-state index in [1.165, 1.54) is 23.5 Å². The maximum Gasteiger partial charge on any atom is 0.338 e. The number of hydrogen-bond acceptors (Lipinski definition) is 6. The minimum atomic E-state index is -0.508. The fourth-order valence-corrected chi connectivity index (χ4v) is 5.46. The summed E-state index contributed by atoms with van der Waals surface area (Å²) in [7, 11) is 1.56. The van der Waals surface area contributed by atoms with Crippen molar-refractivity contribution in [3.63, 3.8) is 0 Å². The van der Waals surface area contributed by atoms with Crippen molar-refractivity contribution in [2.24, 2.45) is 0 Å². The third kappa shape index (κ3) is 5.68. The number of carbonyl (C=O) groups is 2. The van der Waals surface area contributed by atoms with Gasteiger partial charge in [0.25, 0.3) is 5.91 Å². The number of nitrogens with one attached hydrogen (secondary N) is 1. The van der Waals surface area contributed by atoms with Crippen LogP contribution in [0.15, 0.2) is 48.5 Å². The number of benzene rings is 2. The third-order valence-electron chi connectivity index (χ3n) is 3.93. The Labute approximate surface area is 167 Å². The molecular weight excluding hydrogens is 382 g/mol. The summed E-state index contributed by atoms with van der Waals surface area (Å²) in [5, 5.41) is 2.67. The van der Waals surface area contributed by atoms with E-state index in [0.717, 1.165) is 0 Å². The fourth-order valence-electron chi connectivity index (χ4n) is 2.57. The van der Waals surface area contributed by atoms with Crippen molar-refractivity contribution in [3.05, 3.63) is 59.7 Å². The molecule has 0 saturated carbocycles. The van der Waals surface area contributed by atoms with Crippen molar-refractivity contribution in [3.8, 4) is 5.75 Å². The van der Waals surface area contributed by atoms with Crippen LogP contribution in [-0.4, -0.2) is 37.1 Å². The minimum Gasteiger partial charge on any atom is -0.497 e. The van der Waals surface area contributed by atoms with Crippen LogP contribution in [0.1, 0.15) is 26.9 Å². The van der Waals surface area contributed by atoms with Gasteiger partial charge in [0.1, 0.15) is 5.75 Å². The Balaban J connectivity index is 1.50. The van der Waals surface area contributed by atoms with Gasteiger partial charge in [-0.3, -0.25) is 4.79 Å². The van der Waals surface area contributed by atoms with Gasteiger partial charge in [-0.15, -0.1) is 23.5 Å². The van der Waals surface area contributed by atoms with Crippen molar-refractivity contribution >= 4 is 41.1 Å². The van der Waals surface area contributed by atoms with Crippen molar-refractivity contribution < 1.29 is 19.1 Å². The maximum atomic E-state index is 12.2. The minimum absolute atomic E-state index is 0.341. The van der Waals surface area contributed by atoms with Gasteiger partial charge in [0.2, 0.25) is 0 Å². The van der Waals surface area contributed by atoms with E-state index in [4.69, 9.17) is 9.47 Å². The predicted molar refractivity (Wildman–Crippen MR) is 111 cm³/mol. The summed E-state index contributed by atoms with van der Waals surface area (Å²) < 4.78 is 10.6. The lowest BCUT2D eigenvalue weighted by Crippen LogP contribution is -2.20. The second-order valence-corrected chi connectivity index (χ2v) is 8.63. The lowest BCUT2D eigenvalue weighted by molar-refractivity contribution is -0.119. The molecule has 142 valence electrons. The zero-order valence-electron chi connectivity index (χ0n) is 15.0. The molecule has 1 amide bonds. The van der Waals surface area contributed by atoms with Crippen LogP contribution in [0.4, 0.5) is 5.69 Å². The number of carbonyl (C=O) groups excluding carboxylic acids is 2. The number of hydrogen-bond donors (Lipinski definition) is 1. The molecule has 27 heavy (non-hydrogen) atoms. The van der Waals surface area contributed by atoms with Gasteiger partial charge in [0.05, 0.1) is 17.3 Å². The second-order valence-electron chi connectivity index (χ2n) is 5.91. The molecule has 1 aliphatic rings. The number of methoxy groups -OCH3 is 1. The number of thioether (sulfide) groups is 2. The molecule has 1 saturated heterocycles. The molecule has 1 aliphatic heterocycles. The molecule has 0 radical (unpaired) electrons. The van der Waals surface area contributed by atoms with E-state index >= 15 is 0 Å². The molecule has 7 heteroatoms. The molecule has 0 spiro atoms. The molecule has 1 heterocycles. The Bertz CT molecular complexity index is 789. The summed E-state index contributed by atoms with van der Waals surface area (Å²) in [6.07, 6.45) is 1.24. The monoisotopic (exact) mass is 403 g/mol. The average Bonchev–Trinajstić information content (AvgIpc) is 2.73. The molecule has 3 rings (SSSR count). The van der Waals surface area contributed by atoms with Crippen LogP contribution in [0, 0.1) is 0 Å². The first-order valence-corrected chi connectivity index (χ1v) is 10.7. The van der Waals surface area contributed by atoms with Gasteiger partial charge in [0, 0.05) is 11.8 Å². The van der Waals surface area contributed by atoms with Gasteiger partial charge in [-0.1, -0.05) is 18.2 Å². The summed E-state index contributed by atoms with van der Waals surface area (Å²) in [6, 6.07) is 14.4. The number of rotatable bonds is 6. The first-order valence-electron chi connectivity index (χ1n) is 8.60. The Morgan fingerprint density at radius 3 is 2.56 bits per heavy atom.